The summed E-state index contributed by atoms with van der Waals surface area (Å²) in [5, 5.41) is 8.38. The molecule has 0 saturated heterocycles. The van der Waals surface area contributed by atoms with Crippen molar-refractivity contribution in [3.63, 3.8) is 0 Å². The van der Waals surface area contributed by atoms with Crippen LogP contribution in [0.1, 0.15) is 24.5 Å². The zero-order valence-corrected chi connectivity index (χ0v) is 6.40. The van der Waals surface area contributed by atoms with Crippen LogP contribution in [-0.2, 0) is 6.54 Å². The molecule has 1 aromatic rings. The van der Waals surface area contributed by atoms with Crippen LogP contribution in [0.3, 0.4) is 0 Å². The first-order valence-corrected chi connectivity index (χ1v) is 4.00. The molecular weight excluding hydrogens is 140 g/mol. The average molecular weight is 152 g/mol. The van der Waals surface area contributed by atoms with Gasteiger partial charge in [0.15, 0.2) is 0 Å². The highest BCUT2D eigenvalue weighted by Crippen LogP contribution is 2.38. The lowest BCUT2D eigenvalue weighted by Crippen LogP contribution is -2.12. The predicted octanol–water partition coefficient (Wildman–Crippen LogP) is 0.114. The topological polar surface area (TPSA) is 56.7 Å². The van der Waals surface area contributed by atoms with E-state index in [0.29, 0.717) is 12.5 Å². The number of hydrogen-bond donors (Lipinski definition) is 1. The van der Waals surface area contributed by atoms with Crippen molar-refractivity contribution < 1.29 is 0 Å². The van der Waals surface area contributed by atoms with Crippen molar-refractivity contribution >= 4 is 0 Å². The van der Waals surface area contributed by atoms with Gasteiger partial charge >= 0.3 is 0 Å². The van der Waals surface area contributed by atoms with Crippen molar-refractivity contribution in [1.29, 1.82) is 0 Å². The first-order chi connectivity index (χ1) is 5.40. The Kier molecular flexibility index (Phi) is 1.62. The van der Waals surface area contributed by atoms with Gasteiger partial charge in [-0.05, 0) is 12.8 Å². The van der Waals surface area contributed by atoms with E-state index in [4.69, 9.17) is 5.73 Å². The molecule has 0 atom stereocenters. The maximum Gasteiger partial charge on any atom is 0.0858 e. The lowest BCUT2D eigenvalue weighted by molar-refractivity contribution is 0.541. The average Bonchev–Trinajstić information content (AvgIpc) is 2.75. The summed E-state index contributed by atoms with van der Waals surface area (Å²) in [5.41, 5.74) is 6.50. The van der Waals surface area contributed by atoms with Crippen LogP contribution in [0, 0.1) is 0 Å². The molecule has 1 aliphatic carbocycles. The fourth-order valence-corrected chi connectivity index (χ4v) is 1.10. The second kappa shape index (κ2) is 2.62. The van der Waals surface area contributed by atoms with Gasteiger partial charge < -0.3 is 5.73 Å². The quantitative estimate of drug-likeness (QED) is 0.669. The summed E-state index contributed by atoms with van der Waals surface area (Å²) >= 11 is 0. The molecule has 4 heteroatoms. The highest BCUT2D eigenvalue weighted by molar-refractivity contribution is 5.08. The number of nitrogens with two attached hydrogens (primary N) is 1. The van der Waals surface area contributed by atoms with Crippen molar-refractivity contribution in [2.75, 3.05) is 6.54 Å². The normalized spacial score (nSPS) is 17.2. The number of aromatic nitrogens is 3. The Bertz CT molecular complexity index is 238. The van der Waals surface area contributed by atoms with Gasteiger partial charge in [-0.25, -0.2) is 0 Å². The molecule has 0 radical (unpaired) electrons. The first kappa shape index (κ1) is 6.79. The van der Waals surface area contributed by atoms with Crippen LogP contribution in [0.15, 0.2) is 6.20 Å². The van der Waals surface area contributed by atoms with E-state index in [0.717, 1.165) is 12.2 Å². The molecule has 1 aromatic heterocycles. The summed E-state index contributed by atoms with van der Waals surface area (Å²) in [5.74, 6) is 0.696. The molecule has 0 aliphatic heterocycles. The van der Waals surface area contributed by atoms with Gasteiger partial charge in [0.25, 0.3) is 0 Å². The zero-order chi connectivity index (χ0) is 7.68. The first-order valence-electron chi connectivity index (χ1n) is 4.00. The van der Waals surface area contributed by atoms with Gasteiger partial charge in [0.05, 0.1) is 18.4 Å². The van der Waals surface area contributed by atoms with E-state index in [2.05, 4.69) is 10.2 Å². The molecule has 0 bridgehead atoms. The minimum Gasteiger partial charge on any atom is -0.329 e. The van der Waals surface area contributed by atoms with Gasteiger partial charge in [-0.15, -0.1) is 0 Å². The molecule has 2 N–H and O–H groups in total. The smallest absolute Gasteiger partial charge is 0.0858 e. The molecule has 0 aromatic carbocycles. The molecule has 60 valence electrons. The minimum atomic E-state index is 0.610. The molecule has 1 heterocycles. The molecule has 0 amide bonds. The number of hydrogen-bond acceptors (Lipinski definition) is 3. The fourth-order valence-electron chi connectivity index (χ4n) is 1.10. The van der Waals surface area contributed by atoms with Crippen LogP contribution in [-0.4, -0.2) is 21.5 Å². The van der Waals surface area contributed by atoms with Crippen LogP contribution in [0.25, 0.3) is 0 Å². The summed E-state index contributed by atoms with van der Waals surface area (Å²) < 4.78 is 0. The lowest BCUT2D eigenvalue weighted by Gasteiger charge is -1.92. The van der Waals surface area contributed by atoms with E-state index in [1.165, 1.54) is 12.8 Å². The summed E-state index contributed by atoms with van der Waals surface area (Å²) in [6.07, 6.45) is 4.41. The van der Waals surface area contributed by atoms with Crippen LogP contribution in [0.2, 0.25) is 0 Å². The summed E-state index contributed by atoms with van der Waals surface area (Å²) in [6.45, 7) is 1.34. The summed E-state index contributed by atoms with van der Waals surface area (Å²) in [4.78, 5) is 1.67. The third-order valence-electron chi connectivity index (χ3n) is 1.88. The monoisotopic (exact) mass is 152 g/mol. The van der Waals surface area contributed by atoms with Gasteiger partial charge in [0.2, 0.25) is 0 Å². The van der Waals surface area contributed by atoms with Gasteiger partial charge in [-0.2, -0.15) is 15.0 Å². The second-order valence-electron chi connectivity index (χ2n) is 2.93. The van der Waals surface area contributed by atoms with Gasteiger partial charge in [0, 0.05) is 12.5 Å². The van der Waals surface area contributed by atoms with Gasteiger partial charge in [-0.3, -0.25) is 0 Å². The van der Waals surface area contributed by atoms with E-state index in [9.17, 15) is 0 Å². The second-order valence-corrected chi connectivity index (χ2v) is 2.93. The van der Waals surface area contributed by atoms with Gasteiger partial charge in [0.1, 0.15) is 0 Å². The molecule has 0 unspecified atom stereocenters. The Morgan fingerprint density at radius 1 is 1.64 bits per heavy atom. The van der Waals surface area contributed by atoms with Crippen molar-refractivity contribution in [2.24, 2.45) is 5.73 Å². The van der Waals surface area contributed by atoms with E-state index >= 15 is 0 Å². The molecular formula is C7H12N4. The Balaban J connectivity index is 2.06. The Morgan fingerprint density at radius 3 is 3.09 bits per heavy atom. The highest BCUT2D eigenvalue weighted by Gasteiger charge is 2.26. The molecule has 2 rings (SSSR count). The molecule has 1 fully saturated rings. The van der Waals surface area contributed by atoms with Crippen molar-refractivity contribution in [1.82, 2.24) is 15.0 Å². The lowest BCUT2D eigenvalue weighted by atomic mass is 10.3. The van der Waals surface area contributed by atoms with E-state index < -0.39 is 0 Å². The number of nitrogens with zero attached hydrogens (tertiary/aromatic N) is 3. The van der Waals surface area contributed by atoms with E-state index in [1.807, 2.05) is 6.20 Å². The summed E-state index contributed by atoms with van der Waals surface area (Å²) in [7, 11) is 0. The number of rotatable bonds is 3. The molecule has 1 saturated carbocycles. The van der Waals surface area contributed by atoms with Crippen LogP contribution >= 0.6 is 0 Å². The van der Waals surface area contributed by atoms with Crippen molar-refractivity contribution in [3.05, 3.63) is 11.9 Å². The van der Waals surface area contributed by atoms with Crippen LogP contribution in [0.4, 0.5) is 0 Å². The SMILES string of the molecule is NCCn1ncc(C2CC2)n1. The highest BCUT2D eigenvalue weighted by atomic mass is 15.5. The molecule has 11 heavy (non-hydrogen) atoms. The van der Waals surface area contributed by atoms with Crippen molar-refractivity contribution in [3.8, 4) is 0 Å². The Morgan fingerprint density at radius 2 is 2.45 bits per heavy atom. The maximum absolute atomic E-state index is 5.36. The van der Waals surface area contributed by atoms with E-state index in [-0.39, 0.29) is 0 Å². The van der Waals surface area contributed by atoms with Crippen LogP contribution in [0.5, 0.6) is 0 Å². The Hall–Kier alpha value is -0.900. The Labute approximate surface area is 65.4 Å². The third kappa shape index (κ3) is 1.40. The van der Waals surface area contributed by atoms with E-state index in [1.54, 1.807) is 4.80 Å². The molecule has 0 spiro atoms. The summed E-state index contributed by atoms with van der Waals surface area (Å²) in [6, 6.07) is 0. The molecule has 4 nitrogen and oxygen atoms in total. The fraction of sp³-hybridized carbons (Fsp3) is 0.714. The standard InChI is InChI=1S/C7H12N4/c8-3-4-11-9-5-7(10-11)6-1-2-6/h5-6H,1-4,8H2. The van der Waals surface area contributed by atoms with Crippen molar-refractivity contribution in [2.45, 2.75) is 25.3 Å². The van der Waals surface area contributed by atoms with Crippen LogP contribution < -0.4 is 5.73 Å². The predicted molar refractivity (Wildman–Crippen MR) is 41.1 cm³/mol. The zero-order valence-electron chi connectivity index (χ0n) is 6.40. The molecule has 1 aliphatic rings. The third-order valence-corrected chi connectivity index (χ3v) is 1.88. The minimum absolute atomic E-state index is 0.610. The largest absolute Gasteiger partial charge is 0.329 e. The van der Waals surface area contributed by atoms with Gasteiger partial charge in [-0.1, -0.05) is 0 Å². The maximum atomic E-state index is 5.36.